The number of aryl methyl sites for hydroxylation is 1. The molecule has 0 saturated heterocycles. The van der Waals surface area contributed by atoms with Crippen molar-refractivity contribution in [3.8, 4) is 0 Å². The molecule has 2 nitrogen and oxygen atoms in total. The lowest BCUT2D eigenvalue weighted by molar-refractivity contribution is -0.110. The number of carbonyl (C=O) groups is 1. The van der Waals surface area contributed by atoms with E-state index in [-0.39, 0.29) is 5.92 Å². The Morgan fingerprint density at radius 1 is 1.47 bits per heavy atom. The van der Waals surface area contributed by atoms with E-state index in [1.165, 1.54) is 4.70 Å². The Balaban J connectivity index is 2.12. The molecule has 0 aliphatic carbocycles. The van der Waals surface area contributed by atoms with Crippen molar-refractivity contribution >= 4 is 27.8 Å². The zero-order valence-electron chi connectivity index (χ0n) is 8.64. The third-order valence-corrected chi connectivity index (χ3v) is 3.48. The molecule has 3 heteroatoms. The average molecular weight is 219 g/mol. The van der Waals surface area contributed by atoms with Crippen LogP contribution in [0.1, 0.15) is 18.4 Å². The average Bonchev–Trinajstić information content (AvgIpc) is 2.68. The normalized spacial score (nSPS) is 12.9. The van der Waals surface area contributed by atoms with E-state index in [4.69, 9.17) is 0 Å². The highest BCUT2D eigenvalue weighted by atomic mass is 32.1. The van der Waals surface area contributed by atoms with Gasteiger partial charge in [-0.15, -0.1) is 11.3 Å². The summed E-state index contributed by atoms with van der Waals surface area (Å²) in [5.41, 5.74) is 1.07. The van der Waals surface area contributed by atoms with Crippen LogP contribution in [0.3, 0.4) is 0 Å². The summed E-state index contributed by atoms with van der Waals surface area (Å²) in [5.74, 6) is 0.136. The van der Waals surface area contributed by atoms with Crippen molar-refractivity contribution in [3.05, 3.63) is 29.3 Å². The zero-order chi connectivity index (χ0) is 10.7. The molecule has 0 aliphatic rings. The predicted octanol–water partition coefficient (Wildman–Crippen LogP) is 3.06. The highest BCUT2D eigenvalue weighted by Crippen LogP contribution is 2.23. The van der Waals surface area contributed by atoms with Crippen molar-refractivity contribution in [2.45, 2.75) is 19.8 Å². The van der Waals surface area contributed by atoms with Crippen molar-refractivity contribution in [1.29, 1.82) is 0 Å². The quantitative estimate of drug-likeness (QED) is 0.740. The molecule has 1 aromatic carbocycles. The van der Waals surface area contributed by atoms with Gasteiger partial charge in [-0.25, -0.2) is 4.98 Å². The Morgan fingerprint density at radius 3 is 3.00 bits per heavy atom. The Kier molecular flexibility index (Phi) is 3.11. The van der Waals surface area contributed by atoms with Gasteiger partial charge in [0.25, 0.3) is 0 Å². The Labute approximate surface area is 93.0 Å². The lowest BCUT2D eigenvalue weighted by Crippen LogP contribution is -1.97. The molecule has 1 aromatic heterocycles. The van der Waals surface area contributed by atoms with Gasteiger partial charge in [-0.1, -0.05) is 19.1 Å². The highest BCUT2D eigenvalue weighted by Gasteiger charge is 2.05. The first kappa shape index (κ1) is 10.3. The van der Waals surface area contributed by atoms with E-state index < -0.39 is 0 Å². The second kappa shape index (κ2) is 4.53. The van der Waals surface area contributed by atoms with Crippen LogP contribution < -0.4 is 0 Å². The number of hydrogen-bond acceptors (Lipinski definition) is 3. The van der Waals surface area contributed by atoms with E-state index >= 15 is 0 Å². The summed E-state index contributed by atoms with van der Waals surface area (Å²) in [6, 6.07) is 8.14. The van der Waals surface area contributed by atoms with Gasteiger partial charge in [-0.05, 0) is 18.6 Å². The second-order valence-corrected chi connectivity index (χ2v) is 4.84. The van der Waals surface area contributed by atoms with Crippen LogP contribution in [0, 0.1) is 5.92 Å². The lowest BCUT2D eigenvalue weighted by Gasteiger charge is -1.98. The van der Waals surface area contributed by atoms with Crippen LogP contribution in [-0.4, -0.2) is 11.3 Å². The smallest absolute Gasteiger partial charge is 0.122 e. The molecule has 1 atom stereocenters. The zero-order valence-corrected chi connectivity index (χ0v) is 9.46. The fourth-order valence-corrected chi connectivity index (χ4v) is 2.43. The number of nitrogens with zero attached hydrogens (tertiary/aromatic N) is 1. The van der Waals surface area contributed by atoms with Gasteiger partial charge in [-0.2, -0.15) is 0 Å². The largest absolute Gasteiger partial charge is 0.303 e. The molecule has 0 saturated carbocycles. The molecule has 1 unspecified atom stereocenters. The number of para-hydroxylation sites is 1. The number of carbonyl (C=O) groups excluding carboxylic acids is 1. The van der Waals surface area contributed by atoms with Gasteiger partial charge in [-0.3, -0.25) is 0 Å². The standard InChI is InChI=1S/C12H13NOS/c1-9(8-14)6-7-12-13-10-4-2-3-5-11(10)15-12/h2-5,8-9H,6-7H2,1H3. The van der Waals surface area contributed by atoms with Gasteiger partial charge in [0.1, 0.15) is 6.29 Å². The molecule has 78 valence electrons. The van der Waals surface area contributed by atoms with E-state index in [0.717, 1.165) is 29.7 Å². The van der Waals surface area contributed by atoms with E-state index in [9.17, 15) is 4.79 Å². The van der Waals surface area contributed by atoms with Crippen molar-refractivity contribution < 1.29 is 4.79 Å². The maximum absolute atomic E-state index is 10.5. The monoisotopic (exact) mass is 219 g/mol. The number of benzene rings is 1. The molecule has 0 spiro atoms. The number of fused-ring (bicyclic) bond motifs is 1. The van der Waals surface area contributed by atoms with Crippen LogP contribution >= 0.6 is 11.3 Å². The molecule has 0 fully saturated rings. The van der Waals surface area contributed by atoms with Gasteiger partial charge < -0.3 is 4.79 Å². The fraction of sp³-hybridized carbons (Fsp3) is 0.333. The fourth-order valence-electron chi connectivity index (χ4n) is 1.45. The summed E-state index contributed by atoms with van der Waals surface area (Å²) in [5, 5.41) is 1.13. The van der Waals surface area contributed by atoms with E-state index in [2.05, 4.69) is 11.1 Å². The molecule has 0 amide bonds. The number of aldehydes is 1. The summed E-state index contributed by atoms with van der Waals surface area (Å²) in [4.78, 5) is 15.0. The van der Waals surface area contributed by atoms with Gasteiger partial charge in [0.15, 0.2) is 0 Å². The third kappa shape index (κ3) is 2.42. The summed E-state index contributed by atoms with van der Waals surface area (Å²) in [6.45, 7) is 1.94. The second-order valence-electron chi connectivity index (χ2n) is 3.73. The summed E-state index contributed by atoms with van der Waals surface area (Å²) >= 11 is 1.72. The highest BCUT2D eigenvalue weighted by molar-refractivity contribution is 7.18. The molecular formula is C12H13NOS. The molecule has 0 radical (unpaired) electrons. The summed E-state index contributed by atoms with van der Waals surface area (Å²) in [7, 11) is 0. The molecule has 15 heavy (non-hydrogen) atoms. The minimum atomic E-state index is 0.136. The number of thiazole rings is 1. The summed E-state index contributed by atoms with van der Waals surface area (Å²) in [6.07, 6.45) is 2.80. The van der Waals surface area contributed by atoms with Gasteiger partial charge in [0.2, 0.25) is 0 Å². The molecule has 2 aromatic rings. The first-order valence-electron chi connectivity index (χ1n) is 5.09. The minimum absolute atomic E-state index is 0.136. The van der Waals surface area contributed by atoms with Crippen LogP contribution in [0.25, 0.3) is 10.2 Å². The SMILES string of the molecule is CC(C=O)CCc1nc2ccccc2s1. The molecular weight excluding hydrogens is 206 g/mol. The lowest BCUT2D eigenvalue weighted by atomic mass is 10.1. The van der Waals surface area contributed by atoms with E-state index in [1.54, 1.807) is 11.3 Å². The number of aromatic nitrogens is 1. The van der Waals surface area contributed by atoms with Gasteiger partial charge in [0, 0.05) is 12.3 Å². The third-order valence-electron chi connectivity index (χ3n) is 2.38. The van der Waals surface area contributed by atoms with Crippen LogP contribution in [-0.2, 0) is 11.2 Å². The molecule has 0 bridgehead atoms. The Morgan fingerprint density at radius 2 is 2.27 bits per heavy atom. The van der Waals surface area contributed by atoms with Crippen LogP contribution in [0.2, 0.25) is 0 Å². The van der Waals surface area contributed by atoms with Crippen LogP contribution in [0.4, 0.5) is 0 Å². The maximum atomic E-state index is 10.5. The Hall–Kier alpha value is -1.22. The van der Waals surface area contributed by atoms with Crippen molar-refractivity contribution in [1.82, 2.24) is 4.98 Å². The maximum Gasteiger partial charge on any atom is 0.122 e. The molecule has 1 heterocycles. The van der Waals surface area contributed by atoms with Crippen molar-refractivity contribution in [2.75, 3.05) is 0 Å². The van der Waals surface area contributed by atoms with Crippen molar-refractivity contribution in [3.63, 3.8) is 0 Å². The van der Waals surface area contributed by atoms with E-state index in [0.29, 0.717) is 0 Å². The van der Waals surface area contributed by atoms with E-state index in [1.807, 2.05) is 25.1 Å². The first-order chi connectivity index (χ1) is 7.29. The topological polar surface area (TPSA) is 30.0 Å². The first-order valence-corrected chi connectivity index (χ1v) is 5.91. The number of rotatable bonds is 4. The van der Waals surface area contributed by atoms with Gasteiger partial charge >= 0.3 is 0 Å². The minimum Gasteiger partial charge on any atom is -0.303 e. The number of hydrogen-bond donors (Lipinski definition) is 0. The van der Waals surface area contributed by atoms with Crippen LogP contribution in [0.15, 0.2) is 24.3 Å². The Bertz CT molecular complexity index is 430. The van der Waals surface area contributed by atoms with Gasteiger partial charge in [0.05, 0.1) is 15.2 Å². The van der Waals surface area contributed by atoms with Crippen molar-refractivity contribution in [2.24, 2.45) is 5.92 Å². The van der Waals surface area contributed by atoms with Crippen LogP contribution in [0.5, 0.6) is 0 Å². The molecule has 2 rings (SSSR count). The molecule has 0 aliphatic heterocycles. The molecule has 0 N–H and O–H groups in total. The predicted molar refractivity (Wildman–Crippen MR) is 63.2 cm³/mol. The summed E-state index contributed by atoms with van der Waals surface area (Å²) < 4.78 is 1.23.